The van der Waals surface area contributed by atoms with Gasteiger partial charge in [0.1, 0.15) is 0 Å². The van der Waals surface area contributed by atoms with Crippen LogP contribution >= 0.6 is 15.9 Å². The number of aliphatic imine (C=N–C) groups is 1. The predicted molar refractivity (Wildman–Crippen MR) is 45.1 cm³/mol. The molecule has 0 aromatic heterocycles. The van der Waals surface area contributed by atoms with Gasteiger partial charge in [-0.3, -0.25) is 4.99 Å². The Morgan fingerprint density at radius 3 is 2.67 bits per heavy atom. The Morgan fingerprint density at radius 1 is 1.78 bits per heavy atom. The topological polar surface area (TPSA) is 38.4 Å². The molecule has 0 atom stereocenters. The first-order valence-electron chi connectivity index (χ1n) is 2.66. The van der Waals surface area contributed by atoms with E-state index in [0.717, 1.165) is 11.4 Å². The molecule has 52 valence electrons. The van der Waals surface area contributed by atoms with Crippen LogP contribution < -0.4 is 5.73 Å². The number of hydrogen-bond donors (Lipinski definition) is 1. The van der Waals surface area contributed by atoms with Crippen LogP contribution in [0.5, 0.6) is 0 Å². The van der Waals surface area contributed by atoms with Crippen LogP contribution in [0.4, 0.5) is 0 Å². The molecule has 0 radical (unpaired) electrons. The lowest BCUT2D eigenvalue weighted by Crippen LogP contribution is -2.00. The molecule has 2 nitrogen and oxygen atoms in total. The van der Waals surface area contributed by atoms with Gasteiger partial charge in [-0.2, -0.15) is 0 Å². The van der Waals surface area contributed by atoms with Crippen LogP contribution in [0, 0.1) is 0 Å². The molecule has 0 aliphatic rings. The third-order valence-electron chi connectivity index (χ3n) is 0.901. The fourth-order valence-electron chi connectivity index (χ4n) is 0.371. The summed E-state index contributed by atoms with van der Waals surface area (Å²) < 4.78 is 0. The minimum atomic E-state index is 0.708. The maximum Gasteiger partial charge on any atom is 0.0429 e. The summed E-state index contributed by atoms with van der Waals surface area (Å²) in [4.78, 5) is 3.92. The average molecular weight is 191 g/mol. The fourth-order valence-corrected chi connectivity index (χ4v) is 0.533. The highest BCUT2D eigenvalue weighted by molar-refractivity contribution is 9.09. The number of rotatable bonds is 2. The van der Waals surface area contributed by atoms with Crippen LogP contribution in [-0.2, 0) is 0 Å². The van der Waals surface area contributed by atoms with Gasteiger partial charge in [0.15, 0.2) is 0 Å². The molecule has 2 N–H and O–H groups in total. The van der Waals surface area contributed by atoms with Gasteiger partial charge in [-0.05, 0) is 13.0 Å². The lowest BCUT2D eigenvalue weighted by molar-refractivity contribution is 1.33. The van der Waals surface area contributed by atoms with Crippen molar-refractivity contribution in [3.8, 4) is 0 Å². The first-order valence-corrected chi connectivity index (χ1v) is 3.78. The van der Waals surface area contributed by atoms with Crippen LogP contribution in [-0.4, -0.2) is 18.1 Å². The first-order chi connectivity index (χ1) is 4.20. The molecular weight excluding hydrogens is 180 g/mol. The van der Waals surface area contributed by atoms with Gasteiger partial charge in [0.05, 0.1) is 0 Å². The third kappa shape index (κ3) is 4.21. The van der Waals surface area contributed by atoms with E-state index in [2.05, 4.69) is 20.9 Å². The molecule has 0 heterocycles. The van der Waals surface area contributed by atoms with Crippen molar-refractivity contribution in [2.75, 3.05) is 12.4 Å². The predicted octanol–water partition coefficient (Wildman–Crippen LogP) is 1.31. The molecule has 0 saturated heterocycles. The van der Waals surface area contributed by atoms with Crippen molar-refractivity contribution in [2.45, 2.75) is 6.92 Å². The average Bonchev–Trinajstić information content (AvgIpc) is 1.87. The molecule has 0 aromatic rings. The quantitative estimate of drug-likeness (QED) is 0.518. The highest BCUT2D eigenvalue weighted by Crippen LogP contribution is 1.91. The normalized spacial score (nSPS) is 14.1. The van der Waals surface area contributed by atoms with Crippen LogP contribution in [0.25, 0.3) is 0 Å². The van der Waals surface area contributed by atoms with Gasteiger partial charge in [-0.1, -0.05) is 15.9 Å². The van der Waals surface area contributed by atoms with Gasteiger partial charge in [0.2, 0.25) is 0 Å². The maximum absolute atomic E-state index is 5.48. The Kier molecular flexibility index (Phi) is 4.40. The fraction of sp³-hybridized carbons (Fsp3) is 0.500. The monoisotopic (exact) mass is 190 g/mol. The zero-order valence-electron chi connectivity index (χ0n) is 5.69. The van der Waals surface area contributed by atoms with Crippen molar-refractivity contribution in [3.63, 3.8) is 0 Å². The van der Waals surface area contributed by atoms with Gasteiger partial charge >= 0.3 is 0 Å². The Bertz CT molecular complexity index is 138. The molecule has 3 heteroatoms. The SMILES string of the molecule is CN=C(C)C=C(N)CBr. The lowest BCUT2D eigenvalue weighted by atomic mass is 10.3. The number of nitrogens with two attached hydrogens (primary N) is 1. The van der Waals surface area contributed by atoms with E-state index in [1.54, 1.807) is 7.05 Å². The van der Waals surface area contributed by atoms with Crippen LogP contribution in [0.15, 0.2) is 16.8 Å². The van der Waals surface area contributed by atoms with Gasteiger partial charge < -0.3 is 5.73 Å². The minimum Gasteiger partial charge on any atom is -0.401 e. The van der Waals surface area contributed by atoms with E-state index < -0.39 is 0 Å². The van der Waals surface area contributed by atoms with Crippen LogP contribution in [0.2, 0.25) is 0 Å². The van der Waals surface area contributed by atoms with E-state index in [4.69, 9.17) is 5.73 Å². The Labute approximate surface area is 64.0 Å². The highest BCUT2D eigenvalue weighted by atomic mass is 79.9. The summed E-state index contributed by atoms with van der Waals surface area (Å²) in [6.07, 6.45) is 1.84. The summed E-state index contributed by atoms with van der Waals surface area (Å²) >= 11 is 3.22. The number of alkyl halides is 1. The van der Waals surface area contributed by atoms with Crippen molar-refractivity contribution in [2.24, 2.45) is 10.7 Å². The smallest absolute Gasteiger partial charge is 0.0429 e. The molecule has 0 fully saturated rings. The van der Waals surface area contributed by atoms with E-state index in [-0.39, 0.29) is 0 Å². The van der Waals surface area contributed by atoms with E-state index in [1.165, 1.54) is 0 Å². The van der Waals surface area contributed by atoms with Crippen LogP contribution in [0.3, 0.4) is 0 Å². The maximum atomic E-state index is 5.48. The summed E-state index contributed by atoms with van der Waals surface area (Å²) in [5, 5.41) is 0.708. The summed E-state index contributed by atoms with van der Waals surface area (Å²) in [5.41, 5.74) is 7.24. The van der Waals surface area contributed by atoms with Gasteiger partial charge in [0.25, 0.3) is 0 Å². The molecule has 0 saturated carbocycles. The largest absolute Gasteiger partial charge is 0.401 e. The van der Waals surface area contributed by atoms with Crippen molar-refractivity contribution >= 4 is 21.6 Å². The van der Waals surface area contributed by atoms with Crippen molar-refractivity contribution in [1.29, 1.82) is 0 Å². The molecule has 0 aliphatic carbocycles. The molecule has 0 aromatic carbocycles. The minimum absolute atomic E-state index is 0.708. The Morgan fingerprint density at radius 2 is 2.33 bits per heavy atom. The summed E-state index contributed by atoms with van der Waals surface area (Å²) in [5.74, 6) is 0. The second-order valence-corrected chi connectivity index (χ2v) is 2.28. The third-order valence-corrected chi connectivity index (χ3v) is 1.55. The van der Waals surface area contributed by atoms with Gasteiger partial charge in [-0.25, -0.2) is 0 Å². The number of halogens is 1. The molecule has 0 unspecified atom stereocenters. The molecule has 0 amide bonds. The van der Waals surface area contributed by atoms with Crippen molar-refractivity contribution < 1.29 is 0 Å². The zero-order chi connectivity index (χ0) is 7.28. The van der Waals surface area contributed by atoms with Crippen molar-refractivity contribution in [3.05, 3.63) is 11.8 Å². The summed E-state index contributed by atoms with van der Waals surface area (Å²) in [6.45, 7) is 1.91. The van der Waals surface area contributed by atoms with E-state index in [0.29, 0.717) is 5.33 Å². The van der Waals surface area contributed by atoms with E-state index in [1.807, 2.05) is 13.0 Å². The zero-order valence-corrected chi connectivity index (χ0v) is 7.27. The summed E-state index contributed by atoms with van der Waals surface area (Å²) in [7, 11) is 1.74. The molecule has 0 bridgehead atoms. The first kappa shape index (κ1) is 8.69. The summed E-state index contributed by atoms with van der Waals surface area (Å²) in [6, 6.07) is 0. The van der Waals surface area contributed by atoms with E-state index >= 15 is 0 Å². The van der Waals surface area contributed by atoms with Crippen LogP contribution in [0.1, 0.15) is 6.92 Å². The molecule has 0 rings (SSSR count). The van der Waals surface area contributed by atoms with E-state index in [9.17, 15) is 0 Å². The molecule has 9 heavy (non-hydrogen) atoms. The Balaban J connectivity index is 3.95. The lowest BCUT2D eigenvalue weighted by Gasteiger charge is -1.92. The van der Waals surface area contributed by atoms with Gasteiger partial charge in [-0.15, -0.1) is 0 Å². The molecule has 0 aliphatic heterocycles. The van der Waals surface area contributed by atoms with Gasteiger partial charge in [0, 0.05) is 23.8 Å². The Hall–Kier alpha value is -0.310. The number of hydrogen-bond acceptors (Lipinski definition) is 2. The standard InChI is InChI=1S/C6H11BrN2/c1-5(9-2)3-6(8)4-7/h3H,4,8H2,1-2H3. The highest BCUT2D eigenvalue weighted by Gasteiger charge is 1.85. The number of nitrogens with zero attached hydrogens (tertiary/aromatic N) is 1. The second kappa shape index (κ2) is 4.56. The number of allylic oxidation sites excluding steroid dienone is 2. The van der Waals surface area contributed by atoms with Crippen molar-refractivity contribution in [1.82, 2.24) is 0 Å². The molecule has 0 spiro atoms. The molecular formula is C6H11BrN2. The second-order valence-electron chi connectivity index (χ2n) is 1.72.